The maximum Gasteiger partial charge on any atom is 0.189 e. The van der Waals surface area contributed by atoms with Crippen LogP contribution in [-0.2, 0) is 5.41 Å². The molecule has 0 saturated carbocycles. The van der Waals surface area contributed by atoms with Gasteiger partial charge in [-0.3, -0.25) is 0 Å². The summed E-state index contributed by atoms with van der Waals surface area (Å²) in [6.07, 6.45) is 6.40. The molecule has 0 bridgehead atoms. The quantitative estimate of drug-likeness (QED) is 0.218. The summed E-state index contributed by atoms with van der Waals surface area (Å²) in [4.78, 5) is 0. The Morgan fingerprint density at radius 3 is 2.16 bits per heavy atom. The fraction of sp³-hybridized carbons (Fsp3) is 0.452. The molecule has 4 rings (SSSR count). The van der Waals surface area contributed by atoms with Crippen LogP contribution in [0.15, 0.2) is 36.4 Å². The van der Waals surface area contributed by atoms with Crippen LogP contribution in [0.25, 0.3) is 23.1 Å². The number of benzene rings is 2. The first-order valence-electron chi connectivity index (χ1n) is 13.6. The Kier molecular flexibility index (Phi) is 8.55. The lowest BCUT2D eigenvalue weighted by Crippen LogP contribution is -2.22. The molecule has 0 radical (unpaired) electrons. The summed E-state index contributed by atoms with van der Waals surface area (Å²) in [5.41, 5.74) is 4.50. The van der Waals surface area contributed by atoms with Crippen LogP contribution in [0.4, 0.5) is 0 Å². The molecule has 0 aliphatic rings. The molecule has 38 heavy (non-hydrogen) atoms. The molecule has 0 spiro atoms. The Morgan fingerprint density at radius 1 is 0.895 bits per heavy atom. The van der Waals surface area contributed by atoms with Gasteiger partial charge in [-0.1, -0.05) is 53.5 Å². The van der Waals surface area contributed by atoms with Gasteiger partial charge in [-0.2, -0.15) is 9.61 Å². The van der Waals surface area contributed by atoms with Gasteiger partial charge in [0, 0.05) is 10.6 Å². The van der Waals surface area contributed by atoms with E-state index < -0.39 is 0 Å². The van der Waals surface area contributed by atoms with E-state index >= 15 is 0 Å². The topological polar surface area (TPSA) is 70.8 Å². The molecule has 0 amide bonds. The minimum atomic E-state index is -0.198. The number of ether oxygens (including phenoxy) is 3. The Morgan fingerprint density at radius 2 is 1.55 bits per heavy atom. The lowest BCUT2D eigenvalue weighted by Gasteiger charge is -2.15. The van der Waals surface area contributed by atoms with E-state index in [-0.39, 0.29) is 5.41 Å². The van der Waals surface area contributed by atoms with Crippen molar-refractivity contribution in [3.63, 3.8) is 0 Å². The summed E-state index contributed by atoms with van der Waals surface area (Å²) >= 11 is 0. The van der Waals surface area contributed by atoms with Crippen molar-refractivity contribution in [1.82, 2.24) is 19.8 Å². The van der Waals surface area contributed by atoms with Gasteiger partial charge in [0.15, 0.2) is 11.5 Å². The van der Waals surface area contributed by atoms with Crippen molar-refractivity contribution in [3.05, 3.63) is 58.4 Å². The van der Waals surface area contributed by atoms with Crippen molar-refractivity contribution in [3.8, 4) is 28.6 Å². The van der Waals surface area contributed by atoms with E-state index in [2.05, 4.69) is 69.9 Å². The van der Waals surface area contributed by atoms with Gasteiger partial charge in [-0.25, -0.2) is 0 Å². The molecule has 2 aromatic heterocycles. The van der Waals surface area contributed by atoms with Crippen molar-refractivity contribution in [2.24, 2.45) is 0 Å². The van der Waals surface area contributed by atoms with Crippen LogP contribution in [-0.4, -0.2) is 40.1 Å². The number of aryl methyl sites for hydroxylation is 1. The van der Waals surface area contributed by atoms with E-state index in [9.17, 15) is 0 Å². The molecule has 0 fully saturated rings. The number of unbranched alkanes of at least 4 members (excludes halogenated alkanes) is 2. The Balaban J connectivity index is 1.82. The summed E-state index contributed by atoms with van der Waals surface area (Å²) in [6.45, 7) is 14.3. The molecule has 202 valence electrons. The maximum atomic E-state index is 5.96. The molecule has 0 unspecified atom stereocenters. The minimum Gasteiger partial charge on any atom is -0.496 e. The zero-order valence-corrected chi connectivity index (χ0v) is 23.8. The first kappa shape index (κ1) is 27.4. The summed E-state index contributed by atoms with van der Waals surface area (Å²) in [5.74, 6) is 2.99. The van der Waals surface area contributed by atoms with E-state index in [1.54, 1.807) is 7.11 Å². The van der Waals surface area contributed by atoms with Crippen molar-refractivity contribution in [2.45, 2.75) is 72.6 Å². The van der Waals surface area contributed by atoms with Crippen LogP contribution in [0.1, 0.15) is 77.1 Å². The van der Waals surface area contributed by atoms with E-state index in [1.165, 1.54) is 0 Å². The SMILES string of the molecule is CCCCOc1ccc(/C=c2/c(C(C)(C)C)nn3c(-c4cc(OCCCC)ccc4OC)nnc23)c(C)c1. The van der Waals surface area contributed by atoms with Gasteiger partial charge in [0.2, 0.25) is 0 Å². The van der Waals surface area contributed by atoms with Gasteiger partial charge in [0.1, 0.15) is 17.2 Å². The van der Waals surface area contributed by atoms with E-state index in [4.69, 9.17) is 19.3 Å². The average molecular weight is 517 g/mol. The van der Waals surface area contributed by atoms with E-state index in [0.29, 0.717) is 23.8 Å². The first-order valence-corrected chi connectivity index (χ1v) is 13.6. The predicted molar refractivity (Wildman–Crippen MR) is 152 cm³/mol. The van der Waals surface area contributed by atoms with Gasteiger partial charge in [-0.05, 0) is 67.3 Å². The smallest absolute Gasteiger partial charge is 0.189 e. The molecule has 7 heteroatoms. The number of rotatable bonds is 11. The summed E-state index contributed by atoms with van der Waals surface area (Å²) in [6, 6.07) is 12.0. The normalized spacial score (nSPS) is 12.3. The standard InChI is InChI=1S/C31H40N4O3/c1-8-10-16-37-23-13-12-22(21(3)18-23)19-26-28(31(4,5)6)34-35-29(32-33-30(26)35)25-20-24(38-17-11-9-2)14-15-27(25)36-7/h12-15,18-20H,8-11,16-17H2,1-7H3/b26-19-. The van der Waals surface area contributed by atoms with Crippen molar-refractivity contribution >= 4 is 11.7 Å². The number of nitrogens with zero attached hydrogens (tertiary/aromatic N) is 4. The van der Waals surface area contributed by atoms with Crippen LogP contribution < -0.4 is 19.4 Å². The molecular formula is C31H40N4O3. The number of aromatic nitrogens is 4. The van der Waals surface area contributed by atoms with Crippen molar-refractivity contribution in [1.29, 1.82) is 0 Å². The molecule has 0 atom stereocenters. The highest BCUT2D eigenvalue weighted by Crippen LogP contribution is 2.33. The Labute approximate surface area is 225 Å². The second-order valence-corrected chi connectivity index (χ2v) is 10.7. The van der Waals surface area contributed by atoms with Crippen molar-refractivity contribution in [2.75, 3.05) is 20.3 Å². The van der Waals surface area contributed by atoms with Crippen LogP contribution in [0.3, 0.4) is 0 Å². The Bertz CT molecular complexity index is 1440. The zero-order chi connectivity index (χ0) is 27.3. The number of hydrogen-bond donors (Lipinski definition) is 0. The summed E-state index contributed by atoms with van der Waals surface area (Å²) in [5, 5.41) is 15.2. The molecule has 0 aliphatic carbocycles. The summed E-state index contributed by atoms with van der Waals surface area (Å²) < 4.78 is 19.4. The lowest BCUT2D eigenvalue weighted by atomic mass is 9.90. The van der Waals surface area contributed by atoms with Crippen LogP contribution in [0.2, 0.25) is 0 Å². The molecule has 4 aromatic rings. The summed E-state index contributed by atoms with van der Waals surface area (Å²) in [7, 11) is 1.66. The molecule has 2 heterocycles. The molecule has 0 aliphatic heterocycles. The van der Waals surface area contributed by atoms with Crippen LogP contribution in [0.5, 0.6) is 17.2 Å². The highest BCUT2D eigenvalue weighted by Gasteiger charge is 2.25. The van der Waals surface area contributed by atoms with Gasteiger partial charge in [0.05, 0.1) is 31.6 Å². The lowest BCUT2D eigenvalue weighted by molar-refractivity contribution is 0.309. The van der Waals surface area contributed by atoms with Crippen LogP contribution in [0, 0.1) is 6.92 Å². The van der Waals surface area contributed by atoms with E-state index in [1.807, 2.05) is 28.8 Å². The third kappa shape index (κ3) is 5.93. The average Bonchev–Trinajstić information content (AvgIpc) is 3.46. The highest BCUT2D eigenvalue weighted by molar-refractivity contribution is 5.70. The number of methoxy groups -OCH3 is 1. The third-order valence-electron chi connectivity index (χ3n) is 6.53. The largest absolute Gasteiger partial charge is 0.496 e. The second kappa shape index (κ2) is 11.8. The molecule has 0 N–H and O–H groups in total. The van der Waals surface area contributed by atoms with Crippen molar-refractivity contribution < 1.29 is 14.2 Å². The number of hydrogen-bond acceptors (Lipinski definition) is 6. The molecule has 7 nitrogen and oxygen atoms in total. The fourth-order valence-electron chi connectivity index (χ4n) is 4.33. The van der Waals surface area contributed by atoms with Gasteiger partial charge >= 0.3 is 0 Å². The minimum absolute atomic E-state index is 0.198. The van der Waals surface area contributed by atoms with Gasteiger partial charge in [-0.15, -0.1) is 10.2 Å². The molecular weight excluding hydrogens is 476 g/mol. The fourth-order valence-corrected chi connectivity index (χ4v) is 4.33. The monoisotopic (exact) mass is 516 g/mol. The first-order chi connectivity index (χ1) is 18.3. The molecule has 0 saturated heterocycles. The highest BCUT2D eigenvalue weighted by atomic mass is 16.5. The third-order valence-corrected chi connectivity index (χ3v) is 6.53. The van der Waals surface area contributed by atoms with Gasteiger partial charge in [0.25, 0.3) is 0 Å². The van der Waals surface area contributed by atoms with Gasteiger partial charge < -0.3 is 14.2 Å². The zero-order valence-electron chi connectivity index (χ0n) is 23.8. The predicted octanol–water partition coefficient (Wildman–Crippen LogP) is 6.31. The Hall–Kier alpha value is -3.61. The van der Waals surface area contributed by atoms with Crippen LogP contribution >= 0.6 is 0 Å². The second-order valence-electron chi connectivity index (χ2n) is 10.7. The van der Waals surface area contributed by atoms with E-state index in [0.717, 1.165) is 71.4 Å². The molecule has 2 aromatic carbocycles. The number of fused-ring (bicyclic) bond motifs is 1. The maximum absolute atomic E-state index is 5.96.